The molecular weight excluding hydrogens is 569 g/mol. The smallest absolute Gasteiger partial charge is 0.336 e. The number of pyridine rings is 1. The highest BCUT2D eigenvalue weighted by Crippen LogP contribution is 2.30. The van der Waals surface area contributed by atoms with Gasteiger partial charge >= 0.3 is 5.97 Å². The Labute approximate surface area is 249 Å². The number of aromatic nitrogens is 1. The van der Waals surface area contributed by atoms with E-state index >= 15 is 0 Å². The lowest BCUT2D eigenvalue weighted by Gasteiger charge is -2.17. The average molecular weight is 591 g/mol. The minimum Gasteiger partial charge on any atom is -0.478 e. The quantitative estimate of drug-likeness (QED) is 0.202. The summed E-state index contributed by atoms with van der Waals surface area (Å²) in [5.74, 6) is -1.50. The van der Waals surface area contributed by atoms with Gasteiger partial charge in [-0.2, -0.15) is 11.3 Å². The zero-order chi connectivity index (χ0) is 29.1. The lowest BCUT2D eigenvalue weighted by atomic mass is 10.0. The van der Waals surface area contributed by atoms with E-state index in [1.807, 2.05) is 53.2 Å². The van der Waals surface area contributed by atoms with E-state index in [1.165, 1.54) is 28.0 Å². The van der Waals surface area contributed by atoms with E-state index in [9.17, 15) is 19.5 Å². The number of amides is 2. The van der Waals surface area contributed by atoms with Gasteiger partial charge in [-0.3, -0.25) is 14.5 Å². The lowest BCUT2D eigenvalue weighted by molar-refractivity contribution is -0.114. The van der Waals surface area contributed by atoms with Crippen LogP contribution in [0.25, 0.3) is 28.2 Å². The number of aliphatic imine (C=N–C) groups is 1. The molecule has 5 aromatic rings. The molecule has 1 aliphatic rings. The maximum atomic E-state index is 13.3. The molecule has 0 fully saturated rings. The second-order valence-corrected chi connectivity index (χ2v) is 11.0. The molecule has 0 saturated heterocycles. The third-order valence-corrected chi connectivity index (χ3v) is 8.07. The zero-order valence-corrected chi connectivity index (χ0v) is 23.6. The van der Waals surface area contributed by atoms with Gasteiger partial charge in [0.2, 0.25) is 5.91 Å². The van der Waals surface area contributed by atoms with Crippen molar-refractivity contribution >= 4 is 74.4 Å². The molecule has 0 atom stereocenters. The number of anilines is 2. The van der Waals surface area contributed by atoms with Gasteiger partial charge in [0.15, 0.2) is 5.17 Å². The van der Waals surface area contributed by atoms with Crippen LogP contribution < -0.4 is 10.2 Å². The topological polar surface area (TPSA) is 112 Å². The van der Waals surface area contributed by atoms with Gasteiger partial charge in [-0.25, -0.2) is 14.8 Å². The minimum absolute atomic E-state index is 0.0388. The summed E-state index contributed by atoms with van der Waals surface area (Å²) in [6, 6.07) is 26.8. The molecule has 8 nitrogen and oxygen atoms in total. The van der Waals surface area contributed by atoms with E-state index in [1.54, 1.807) is 54.6 Å². The van der Waals surface area contributed by atoms with Gasteiger partial charge in [0.25, 0.3) is 5.91 Å². The van der Waals surface area contributed by atoms with Crippen molar-refractivity contribution in [3.63, 3.8) is 0 Å². The summed E-state index contributed by atoms with van der Waals surface area (Å²) in [4.78, 5) is 48.7. The van der Waals surface area contributed by atoms with Crippen LogP contribution in [0.2, 0.25) is 0 Å². The first kappa shape index (κ1) is 27.1. The highest BCUT2D eigenvalue weighted by atomic mass is 32.2. The SMILES string of the molecule is O=C(CSC1=N/C(=C\c2ccsc2)C(=O)N1c1ccccc1)Nc1ccc(-c2cc(C(=O)O)c3ccccc3n2)cc1. The number of aromatic carboxylic acids is 1. The molecule has 3 aromatic carbocycles. The number of carboxylic acids is 1. The molecule has 2 aromatic heterocycles. The Balaban J connectivity index is 1.16. The van der Waals surface area contributed by atoms with Crippen LogP contribution in [0.3, 0.4) is 0 Å². The van der Waals surface area contributed by atoms with Crippen LogP contribution in [-0.2, 0) is 9.59 Å². The van der Waals surface area contributed by atoms with E-state index in [-0.39, 0.29) is 23.1 Å². The van der Waals surface area contributed by atoms with Crippen LogP contribution in [0.1, 0.15) is 15.9 Å². The second kappa shape index (κ2) is 11.8. The van der Waals surface area contributed by atoms with E-state index in [2.05, 4.69) is 15.3 Å². The number of hydrogen-bond acceptors (Lipinski definition) is 7. The highest BCUT2D eigenvalue weighted by Gasteiger charge is 2.32. The van der Waals surface area contributed by atoms with Crippen molar-refractivity contribution in [1.82, 2.24) is 4.98 Å². The van der Waals surface area contributed by atoms with Crippen LogP contribution in [0, 0.1) is 0 Å². The van der Waals surface area contributed by atoms with Gasteiger partial charge in [0, 0.05) is 16.6 Å². The predicted molar refractivity (Wildman–Crippen MR) is 169 cm³/mol. The molecule has 6 rings (SSSR count). The third-order valence-electron chi connectivity index (χ3n) is 6.43. The van der Waals surface area contributed by atoms with E-state index in [0.717, 1.165) is 11.1 Å². The number of para-hydroxylation sites is 2. The monoisotopic (exact) mass is 590 g/mol. The van der Waals surface area contributed by atoms with E-state index in [4.69, 9.17) is 0 Å². The number of carbonyl (C=O) groups is 3. The average Bonchev–Trinajstić information content (AvgIpc) is 3.64. The van der Waals surface area contributed by atoms with Crippen LogP contribution in [-0.4, -0.2) is 38.8 Å². The summed E-state index contributed by atoms with van der Waals surface area (Å²) in [7, 11) is 0. The van der Waals surface area contributed by atoms with Gasteiger partial charge in [-0.15, -0.1) is 0 Å². The molecule has 0 radical (unpaired) electrons. The summed E-state index contributed by atoms with van der Waals surface area (Å²) in [5.41, 5.74) is 4.46. The number of rotatable bonds is 7. The molecule has 0 spiro atoms. The number of nitrogens with one attached hydrogen (secondary N) is 1. The van der Waals surface area contributed by atoms with Crippen molar-refractivity contribution in [2.45, 2.75) is 0 Å². The molecule has 0 aliphatic carbocycles. The summed E-state index contributed by atoms with van der Waals surface area (Å²) < 4.78 is 0. The van der Waals surface area contributed by atoms with E-state index < -0.39 is 5.97 Å². The van der Waals surface area contributed by atoms with Gasteiger partial charge in [0.1, 0.15) is 5.70 Å². The molecule has 1 aliphatic heterocycles. The fraction of sp³-hybridized carbons (Fsp3) is 0.0312. The first-order valence-corrected chi connectivity index (χ1v) is 14.8. The molecular formula is C32H22N4O4S2. The fourth-order valence-corrected chi connectivity index (χ4v) is 5.90. The summed E-state index contributed by atoms with van der Waals surface area (Å²) >= 11 is 2.71. The standard InChI is InChI=1S/C32H22N4O4S2/c37-29(19-42-32-35-28(16-20-14-15-41-18-20)30(38)36(32)23-6-2-1-3-7-23)33-22-12-10-21(11-13-22)27-17-25(31(39)40)24-8-4-5-9-26(24)34-27/h1-18H,19H2,(H,33,37)(H,39,40)/b28-16-. The number of amidine groups is 1. The lowest BCUT2D eigenvalue weighted by Crippen LogP contribution is -2.31. The minimum atomic E-state index is -1.02. The van der Waals surface area contributed by atoms with Gasteiger partial charge in [-0.1, -0.05) is 60.3 Å². The second-order valence-electron chi connectivity index (χ2n) is 9.25. The van der Waals surface area contributed by atoms with Gasteiger partial charge < -0.3 is 10.4 Å². The van der Waals surface area contributed by atoms with Crippen molar-refractivity contribution in [2.24, 2.45) is 4.99 Å². The van der Waals surface area contributed by atoms with E-state index in [0.29, 0.717) is 38.8 Å². The van der Waals surface area contributed by atoms with Gasteiger partial charge in [-0.05, 0) is 64.9 Å². The molecule has 2 amide bonds. The number of benzene rings is 3. The largest absolute Gasteiger partial charge is 0.478 e. The number of fused-ring (bicyclic) bond motifs is 1. The van der Waals surface area contributed by atoms with Crippen molar-refractivity contribution in [1.29, 1.82) is 0 Å². The molecule has 0 unspecified atom stereocenters. The van der Waals surface area contributed by atoms with Crippen molar-refractivity contribution in [2.75, 3.05) is 16.0 Å². The highest BCUT2D eigenvalue weighted by molar-refractivity contribution is 8.14. The summed E-state index contributed by atoms with van der Waals surface area (Å²) in [6.45, 7) is 0. The Hall–Kier alpha value is -5.06. The van der Waals surface area contributed by atoms with Crippen molar-refractivity contribution < 1.29 is 19.5 Å². The molecule has 0 bridgehead atoms. The Morgan fingerprint density at radius 2 is 1.74 bits per heavy atom. The summed E-state index contributed by atoms with van der Waals surface area (Å²) in [6.07, 6.45) is 1.74. The number of nitrogens with zero attached hydrogens (tertiary/aromatic N) is 3. The zero-order valence-electron chi connectivity index (χ0n) is 21.9. The Bertz CT molecular complexity index is 1870. The first-order chi connectivity index (χ1) is 20.5. The predicted octanol–water partition coefficient (Wildman–Crippen LogP) is 6.78. The fourth-order valence-electron chi connectivity index (χ4n) is 4.46. The Morgan fingerprint density at radius 3 is 2.48 bits per heavy atom. The Kier molecular flexibility index (Phi) is 7.63. The van der Waals surface area contributed by atoms with Crippen molar-refractivity contribution in [3.8, 4) is 11.3 Å². The number of thiophene rings is 1. The van der Waals surface area contributed by atoms with Gasteiger partial charge in [0.05, 0.1) is 28.2 Å². The van der Waals surface area contributed by atoms with Crippen LogP contribution in [0.15, 0.2) is 112 Å². The molecule has 3 heterocycles. The number of hydrogen-bond donors (Lipinski definition) is 2. The first-order valence-electron chi connectivity index (χ1n) is 12.8. The maximum absolute atomic E-state index is 13.3. The van der Waals surface area contributed by atoms with Crippen molar-refractivity contribution in [3.05, 3.63) is 119 Å². The summed E-state index contributed by atoms with van der Waals surface area (Å²) in [5, 5.41) is 17.4. The Morgan fingerprint density at radius 1 is 0.976 bits per heavy atom. The number of carboxylic acid groups (broad SMARTS) is 1. The number of thioether (sulfide) groups is 1. The molecule has 206 valence electrons. The normalized spacial score (nSPS) is 13.9. The molecule has 10 heteroatoms. The molecule has 2 N–H and O–H groups in total. The number of carbonyl (C=O) groups excluding carboxylic acids is 2. The van der Waals surface area contributed by atoms with Crippen LogP contribution in [0.5, 0.6) is 0 Å². The van der Waals surface area contributed by atoms with Crippen LogP contribution >= 0.6 is 23.1 Å². The third kappa shape index (κ3) is 5.71. The maximum Gasteiger partial charge on any atom is 0.336 e. The molecule has 0 saturated carbocycles. The molecule has 42 heavy (non-hydrogen) atoms. The van der Waals surface area contributed by atoms with Crippen LogP contribution in [0.4, 0.5) is 11.4 Å².